The van der Waals surface area contributed by atoms with Gasteiger partial charge in [0.1, 0.15) is 12.9 Å². The van der Waals surface area contributed by atoms with Crippen molar-refractivity contribution < 1.29 is 27.3 Å². The molecular weight excluding hydrogens is 420 g/mol. The van der Waals surface area contributed by atoms with Crippen LogP contribution in [-0.2, 0) is 15.8 Å². The van der Waals surface area contributed by atoms with Gasteiger partial charge in [0.2, 0.25) is 5.91 Å². The summed E-state index contributed by atoms with van der Waals surface area (Å²) in [7, 11) is -2.75. The van der Waals surface area contributed by atoms with Crippen LogP contribution in [0.2, 0.25) is 0 Å². The minimum absolute atomic E-state index is 0.00674. The lowest BCUT2D eigenvalue weighted by atomic mass is 10.1. The zero-order valence-corrected chi connectivity index (χ0v) is 17.0. The molecule has 0 saturated carbocycles. The number of nitrogens with zero attached hydrogens (tertiary/aromatic N) is 3. The Morgan fingerprint density at radius 1 is 1.23 bits per heavy atom. The van der Waals surface area contributed by atoms with E-state index in [-0.39, 0.29) is 17.7 Å². The van der Waals surface area contributed by atoms with Gasteiger partial charge in [-0.2, -0.15) is 5.10 Å². The number of nitrogens with two attached hydrogens (primary N) is 1. The summed E-state index contributed by atoms with van der Waals surface area (Å²) in [4.78, 5) is 15.8. The molecule has 0 fully saturated rings. The maximum atomic E-state index is 12.8. The van der Waals surface area contributed by atoms with Crippen molar-refractivity contribution in [2.24, 2.45) is 5.73 Å². The lowest BCUT2D eigenvalue weighted by Gasteiger charge is -2.10. The smallest absolute Gasteiger partial charge is 0.406 e. The van der Waals surface area contributed by atoms with Crippen molar-refractivity contribution in [1.29, 1.82) is 0 Å². The first-order valence-corrected chi connectivity index (χ1v) is 11.2. The van der Waals surface area contributed by atoms with Gasteiger partial charge in [-0.1, -0.05) is 6.58 Å². The van der Waals surface area contributed by atoms with Gasteiger partial charge in [-0.3, -0.25) is 4.79 Å². The molecule has 1 aromatic carbocycles. The highest BCUT2D eigenvalue weighted by molar-refractivity contribution is 7.70. The predicted molar refractivity (Wildman–Crippen MR) is 107 cm³/mol. The Morgan fingerprint density at radius 3 is 2.40 bits per heavy atom. The van der Waals surface area contributed by atoms with E-state index in [2.05, 4.69) is 21.4 Å². The zero-order valence-electron chi connectivity index (χ0n) is 16.1. The van der Waals surface area contributed by atoms with Crippen LogP contribution in [0.1, 0.15) is 5.69 Å². The number of alkyl halides is 3. The average molecular weight is 438 g/mol. The number of pyridine rings is 1. The molecule has 3 rings (SSSR count). The highest BCUT2D eigenvalue weighted by Crippen LogP contribution is 2.38. The van der Waals surface area contributed by atoms with Crippen LogP contribution in [0, 0.1) is 0 Å². The molecule has 3 aromatic rings. The molecule has 0 unspecified atom stereocenters. The Balaban J connectivity index is 2.17. The molecule has 2 aromatic heterocycles. The van der Waals surface area contributed by atoms with E-state index in [9.17, 15) is 22.5 Å². The van der Waals surface area contributed by atoms with Crippen molar-refractivity contribution >= 4 is 29.4 Å². The highest BCUT2D eigenvalue weighted by Gasteiger charge is 2.31. The Labute approximate surface area is 169 Å². The number of hydrogen-bond donors (Lipinski definition) is 1. The quantitative estimate of drug-likeness (QED) is 0.471. The molecule has 1 amide bonds. The zero-order chi connectivity index (χ0) is 22.3. The van der Waals surface area contributed by atoms with Gasteiger partial charge in [0.25, 0.3) is 0 Å². The number of rotatable bonds is 6. The van der Waals surface area contributed by atoms with Crippen LogP contribution < -0.4 is 15.8 Å². The number of aromatic nitrogens is 3. The summed E-state index contributed by atoms with van der Waals surface area (Å²) in [5.41, 5.74) is 6.52. The first-order chi connectivity index (χ1) is 13.9. The van der Waals surface area contributed by atoms with E-state index >= 15 is 0 Å². The standard InChI is InChI=1S/C19H18F3N4O3P/c1-11(17(23)27)10-14-16-15(30(2,3)28)8-9-24-18(16)26(25-14)12-4-6-13(7-5-12)29-19(20,21)22/h4-9H,1,10H2,2-3H3,(H2,23,27). The van der Waals surface area contributed by atoms with E-state index in [1.807, 2.05) is 0 Å². The molecule has 2 N–H and O–H groups in total. The maximum absolute atomic E-state index is 12.8. The number of halogens is 3. The Morgan fingerprint density at radius 2 is 1.87 bits per heavy atom. The fraction of sp³-hybridized carbons (Fsp3) is 0.211. The molecular formula is C19H18F3N4O3P. The van der Waals surface area contributed by atoms with E-state index in [0.29, 0.717) is 27.7 Å². The van der Waals surface area contributed by atoms with Crippen LogP contribution in [0.5, 0.6) is 5.75 Å². The first kappa shape index (κ1) is 21.6. The fourth-order valence-corrected chi connectivity index (χ4v) is 4.12. The van der Waals surface area contributed by atoms with Crippen LogP contribution in [0.3, 0.4) is 0 Å². The first-order valence-electron chi connectivity index (χ1n) is 8.63. The van der Waals surface area contributed by atoms with E-state index < -0.39 is 19.4 Å². The molecule has 30 heavy (non-hydrogen) atoms. The molecule has 0 aliphatic heterocycles. The van der Waals surface area contributed by atoms with Gasteiger partial charge in [-0.15, -0.1) is 13.2 Å². The molecule has 0 aliphatic rings. The summed E-state index contributed by atoms with van der Waals surface area (Å²) in [5.74, 6) is -1.08. The van der Waals surface area contributed by atoms with Gasteiger partial charge in [0.05, 0.1) is 16.8 Å². The number of carbonyl (C=O) groups is 1. The average Bonchev–Trinajstić information content (AvgIpc) is 2.98. The molecule has 11 heteroatoms. The monoisotopic (exact) mass is 438 g/mol. The van der Waals surface area contributed by atoms with Crippen molar-refractivity contribution in [3.63, 3.8) is 0 Å². The van der Waals surface area contributed by atoms with E-state index in [1.54, 1.807) is 19.4 Å². The lowest BCUT2D eigenvalue weighted by Crippen LogP contribution is -2.17. The van der Waals surface area contributed by atoms with Crippen LogP contribution in [-0.4, -0.2) is 40.4 Å². The normalized spacial score (nSPS) is 12.2. The minimum Gasteiger partial charge on any atom is -0.406 e. The van der Waals surface area contributed by atoms with Crippen LogP contribution >= 0.6 is 7.14 Å². The molecule has 0 radical (unpaired) electrons. The summed E-state index contributed by atoms with van der Waals surface area (Å²) in [5, 5.41) is 5.47. The molecule has 2 heterocycles. The third-order valence-corrected chi connectivity index (χ3v) is 5.78. The largest absolute Gasteiger partial charge is 0.573 e. The van der Waals surface area contributed by atoms with Gasteiger partial charge in [0.15, 0.2) is 5.65 Å². The van der Waals surface area contributed by atoms with Crippen LogP contribution in [0.15, 0.2) is 48.7 Å². The van der Waals surface area contributed by atoms with Crippen molar-refractivity contribution in [2.75, 3.05) is 13.3 Å². The fourth-order valence-electron chi connectivity index (χ4n) is 2.93. The van der Waals surface area contributed by atoms with E-state index in [1.165, 1.54) is 23.0 Å². The van der Waals surface area contributed by atoms with Gasteiger partial charge < -0.3 is 15.0 Å². The summed E-state index contributed by atoms with van der Waals surface area (Å²) >= 11 is 0. The SMILES string of the molecule is C=C(Cc1nn(-c2ccc(OC(F)(F)F)cc2)c2nccc(P(C)(C)=O)c12)C(N)=O. The summed E-state index contributed by atoms with van der Waals surface area (Å²) in [6.45, 7) is 6.82. The third kappa shape index (κ3) is 4.54. The minimum atomic E-state index is -4.80. The van der Waals surface area contributed by atoms with Crippen LogP contribution in [0.25, 0.3) is 16.7 Å². The number of ether oxygens (including phenoxy) is 1. The number of primary amides is 1. The van der Waals surface area contributed by atoms with E-state index in [0.717, 1.165) is 12.1 Å². The topological polar surface area (TPSA) is 100 Å². The van der Waals surface area contributed by atoms with Gasteiger partial charge in [0, 0.05) is 23.5 Å². The van der Waals surface area contributed by atoms with Crippen molar-refractivity contribution in [3.05, 3.63) is 54.4 Å². The second-order valence-corrected chi connectivity index (χ2v) is 10.1. The van der Waals surface area contributed by atoms with Crippen molar-refractivity contribution in [1.82, 2.24) is 14.8 Å². The molecule has 0 spiro atoms. The molecule has 0 atom stereocenters. The number of benzene rings is 1. The summed E-state index contributed by atoms with van der Waals surface area (Å²) < 4.78 is 55.3. The summed E-state index contributed by atoms with van der Waals surface area (Å²) in [6, 6.07) is 6.67. The van der Waals surface area contributed by atoms with Gasteiger partial charge in [-0.05, 0) is 43.7 Å². The third-order valence-electron chi connectivity index (χ3n) is 4.24. The van der Waals surface area contributed by atoms with Crippen molar-refractivity contribution in [2.45, 2.75) is 12.8 Å². The van der Waals surface area contributed by atoms with Gasteiger partial charge >= 0.3 is 6.36 Å². The number of amides is 1. The molecule has 0 aliphatic carbocycles. The van der Waals surface area contributed by atoms with E-state index in [4.69, 9.17) is 5.73 Å². The Bertz CT molecular complexity index is 1180. The lowest BCUT2D eigenvalue weighted by molar-refractivity contribution is -0.274. The maximum Gasteiger partial charge on any atom is 0.573 e. The summed E-state index contributed by atoms with van der Waals surface area (Å²) in [6.07, 6.45) is -3.32. The molecule has 0 bridgehead atoms. The number of hydrogen-bond acceptors (Lipinski definition) is 5. The number of fused-ring (bicyclic) bond motifs is 1. The van der Waals surface area contributed by atoms with Crippen molar-refractivity contribution in [3.8, 4) is 11.4 Å². The highest BCUT2D eigenvalue weighted by atomic mass is 31.2. The predicted octanol–water partition coefficient (Wildman–Crippen LogP) is 3.15. The molecule has 0 saturated heterocycles. The second kappa shape index (κ2) is 7.60. The molecule has 7 nitrogen and oxygen atoms in total. The second-order valence-electron chi connectivity index (χ2n) is 6.92. The van der Waals surface area contributed by atoms with Crippen LogP contribution in [0.4, 0.5) is 13.2 Å². The van der Waals surface area contributed by atoms with Gasteiger partial charge in [-0.25, -0.2) is 9.67 Å². The molecule has 158 valence electrons. The number of carbonyl (C=O) groups excluding carboxylic acids is 1. The Kier molecular flexibility index (Phi) is 5.47. The Hall–Kier alpha value is -3.13.